The Labute approximate surface area is 102 Å². The largest absolute Gasteiger partial charge is 0.373 e. The van der Waals surface area contributed by atoms with Gasteiger partial charge in [0.15, 0.2) is 0 Å². The number of nitrogens with zero attached hydrogens (tertiary/aromatic N) is 2. The molecule has 0 bridgehead atoms. The van der Waals surface area contributed by atoms with E-state index in [4.69, 9.17) is 10.5 Å². The van der Waals surface area contributed by atoms with Crippen molar-refractivity contribution >= 4 is 16.1 Å². The molecule has 0 aromatic rings. The van der Waals surface area contributed by atoms with Crippen LogP contribution in [-0.4, -0.2) is 61.8 Å². The van der Waals surface area contributed by atoms with Crippen LogP contribution in [0.3, 0.4) is 0 Å². The van der Waals surface area contributed by atoms with E-state index >= 15 is 0 Å². The minimum Gasteiger partial charge on any atom is -0.373 e. The topological polar surface area (TPSA) is 92.9 Å². The van der Waals surface area contributed by atoms with Crippen molar-refractivity contribution in [1.82, 2.24) is 8.61 Å². The van der Waals surface area contributed by atoms with Gasteiger partial charge in [-0.15, -0.1) is 0 Å². The van der Waals surface area contributed by atoms with Crippen molar-refractivity contribution in [3.8, 4) is 0 Å². The Morgan fingerprint density at radius 2 is 1.88 bits per heavy atom. The number of ether oxygens (including phenoxy) is 1. The maximum Gasteiger partial charge on any atom is 0.282 e. The average molecular weight is 265 g/mol. The van der Waals surface area contributed by atoms with Gasteiger partial charge in [-0.1, -0.05) is 0 Å². The van der Waals surface area contributed by atoms with Gasteiger partial charge in [0.1, 0.15) is 0 Å². The van der Waals surface area contributed by atoms with Gasteiger partial charge >= 0.3 is 0 Å². The minimum absolute atomic E-state index is 0.157. The fourth-order valence-corrected chi connectivity index (χ4v) is 3.30. The van der Waals surface area contributed by atoms with Gasteiger partial charge in [0.05, 0.1) is 18.8 Å². The number of likely N-dealkylation sites (N-methyl/N-ethyl adjacent to an activating group) is 1. The summed E-state index contributed by atoms with van der Waals surface area (Å²) in [5, 5.41) is 0. The van der Waals surface area contributed by atoms with E-state index in [1.165, 1.54) is 11.4 Å². The summed E-state index contributed by atoms with van der Waals surface area (Å²) in [5.41, 5.74) is 4.99. The number of carbonyl (C=O) groups is 1. The molecule has 0 aliphatic carbocycles. The second-order valence-corrected chi connectivity index (χ2v) is 6.34. The number of hydrogen-bond donors (Lipinski definition) is 1. The van der Waals surface area contributed by atoms with Crippen LogP contribution in [0.2, 0.25) is 0 Å². The van der Waals surface area contributed by atoms with Crippen LogP contribution in [0.5, 0.6) is 0 Å². The minimum atomic E-state index is -3.64. The fourth-order valence-electron chi connectivity index (χ4n) is 1.82. The van der Waals surface area contributed by atoms with Gasteiger partial charge in [-0.25, -0.2) is 0 Å². The summed E-state index contributed by atoms with van der Waals surface area (Å²) in [4.78, 5) is 10.7. The van der Waals surface area contributed by atoms with E-state index < -0.39 is 16.1 Å². The molecule has 17 heavy (non-hydrogen) atoms. The van der Waals surface area contributed by atoms with E-state index in [0.717, 1.165) is 4.31 Å². The Hall–Kier alpha value is -0.700. The van der Waals surface area contributed by atoms with Gasteiger partial charge in [-0.3, -0.25) is 4.79 Å². The number of carbonyl (C=O) groups excluding carboxylic acids is 1. The number of amides is 1. The van der Waals surface area contributed by atoms with E-state index in [-0.39, 0.29) is 31.8 Å². The molecule has 2 N–H and O–H groups in total. The smallest absolute Gasteiger partial charge is 0.282 e. The molecule has 1 rings (SSSR count). The molecular formula is C9H19N3O4S. The molecule has 0 aromatic carbocycles. The third kappa shape index (κ3) is 3.63. The van der Waals surface area contributed by atoms with Crippen molar-refractivity contribution in [3.05, 3.63) is 0 Å². The Bertz CT molecular complexity index is 374. The highest BCUT2D eigenvalue weighted by Gasteiger charge is 2.34. The monoisotopic (exact) mass is 265 g/mol. The van der Waals surface area contributed by atoms with Crippen LogP contribution in [0.4, 0.5) is 0 Å². The summed E-state index contributed by atoms with van der Waals surface area (Å²) in [6.45, 7) is 3.88. The quantitative estimate of drug-likeness (QED) is 0.688. The van der Waals surface area contributed by atoms with Crippen LogP contribution in [0, 0.1) is 0 Å². The van der Waals surface area contributed by atoms with Crippen LogP contribution in [0.25, 0.3) is 0 Å². The summed E-state index contributed by atoms with van der Waals surface area (Å²) in [5.74, 6) is -0.676. The van der Waals surface area contributed by atoms with Gasteiger partial charge < -0.3 is 10.5 Å². The molecule has 0 radical (unpaired) electrons. The van der Waals surface area contributed by atoms with E-state index in [1.54, 1.807) is 0 Å². The third-order valence-corrected chi connectivity index (χ3v) is 4.35. The SMILES string of the molecule is CC1CN(S(=O)(=O)N(C)CC(N)=O)CC(C)O1. The van der Waals surface area contributed by atoms with Gasteiger partial charge in [0, 0.05) is 20.1 Å². The summed E-state index contributed by atoms with van der Waals surface area (Å²) >= 11 is 0. The normalized spacial score (nSPS) is 27.3. The zero-order valence-electron chi connectivity index (χ0n) is 10.3. The highest BCUT2D eigenvalue weighted by molar-refractivity contribution is 7.86. The first-order valence-corrected chi connectivity index (χ1v) is 6.78. The van der Waals surface area contributed by atoms with Crippen molar-refractivity contribution in [1.29, 1.82) is 0 Å². The molecule has 2 atom stereocenters. The average Bonchev–Trinajstić information content (AvgIpc) is 2.14. The molecule has 100 valence electrons. The van der Waals surface area contributed by atoms with Crippen molar-refractivity contribution in [3.63, 3.8) is 0 Å². The Morgan fingerprint density at radius 3 is 2.29 bits per heavy atom. The van der Waals surface area contributed by atoms with Crippen LogP contribution in [0.1, 0.15) is 13.8 Å². The predicted molar refractivity (Wildman–Crippen MR) is 62.3 cm³/mol. The lowest BCUT2D eigenvalue weighted by atomic mass is 10.3. The van der Waals surface area contributed by atoms with Gasteiger partial charge in [0.25, 0.3) is 10.2 Å². The molecule has 1 aliphatic heterocycles. The first-order valence-electron chi connectivity index (χ1n) is 5.38. The summed E-state index contributed by atoms with van der Waals surface area (Å²) in [6, 6.07) is 0. The second kappa shape index (κ2) is 5.30. The molecule has 0 spiro atoms. The van der Waals surface area contributed by atoms with Crippen molar-refractivity contribution in [2.45, 2.75) is 26.1 Å². The predicted octanol–water partition coefficient (Wildman–Crippen LogP) is -1.24. The number of nitrogens with two attached hydrogens (primary N) is 1. The van der Waals surface area contributed by atoms with E-state index in [1.807, 2.05) is 13.8 Å². The number of morpholine rings is 1. The van der Waals surface area contributed by atoms with Crippen LogP contribution >= 0.6 is 0 Å². The maximum atomic E-state index is 12.1. The fraction of sp³-hybridized carbons (Fsp3) is 0.889. The van der Waals surface area contributed by atoms with Crippen molar-refractivity contribution in [2.75, 3.05) is 26.7 Å². The summed E-state index contributed by atoms with van der Waals surface area (Å²) < 4.78 is 31.9. The highest BCUT2D eigenvalue weighted by Crippen LogP contribution is 2.16. The molecule has 2 unspecified atom stereocenters. The maximum absolute atomic E-state index is 12.1. The molecule has 1 fully saturated rings. The lowest BCUT2D eigenvalue weighted by Gasteiger charge is -2.36. The Kier molecular flexibility index (Phi) is 4.48. The zero-order chi connectivity index (χ0) is 13.2. The standard InChI is InChI=1S/C9H19N3O4S/c1-7-4-12(5-8(2)16-7)17(14,15)11(3)6-9(10)13/h7-8H,4-6H2,1-3H3,(H2,10,13). The molecule has 1 amide bonds. The van der Waals surface area contributed by atoms with Gasteiger partial charge in [-0.05, 0) is 13.8 Å². The van der Waals surface area contributed by atoms with Crippen LogP contribution in [-0.2, 0) is 19.7 Å². The third-order valence-electron chi connectivity index (χ3n) is 2.48. The molecule has 1 heterocycles. The second-order valence-electron chi connectivity index (χ2n) is 4.30. The van der Waals surface area contributed by atoms with E-state index in [2.05, 4.69) is 0 Å². The molecule has 7 nitrogen and oxygen atoms in total. The highest BCUT2D eigenvalue weighted by atomic mass is 32.2. The van der Waals surface area contributed by atoms with Crippen LogP contribution in [0.15, 0.2) is 0 Å². The zero-order valence-corrected chi connectivity index (χ0v) is 11.1. The molecule has 0 saturated carbocycles. The number of rotatable bonds is 4. The molecular weight excluding hydrogens is 246 g/mol. The molecule has 0 aromatic heterocycles. The first-order chi connectivity index (χ1) is 7.73. The number of hydrogen-bond acceptors (Lipinski definition) is 4. The van der Waals surface area contributed by atoms with Crippen molar-refractivity contribution < 1.29 is 17.9 Å². The summed E-state index contributed by atoms with van der Waals surface area (Å²) in [7, 11) is -2.30. The van der Waals surface area contributed by atoms with E-state index in [0.29, 0.717) is 0 Å². The molecule has 1 aliphatic rings. The van der Waals surface area contributed by atoms with Gasteiger partial charge in [0.2, 0.25) is 5.91 Å². The lowest BCUT2D eigenvalue weighted by molar-refractivity contribution is -0.118. The van der Waals surface area contributed by atoms with Crippen LogP contribution < -0.4 is 5.73 Å². The molecule has 1 saturated heterocycles. The lowest BCUT2D eigenvalue weighted by Crippen LogP contribution is -2.53. The Balaban J connectivity index is 2.79. The van der Waals surface area contributed by atoms with Gasteiger partial charge in [-0.2, -0.15) is 17.0 Å². The Morgan fingerprint density at radius 1 is 1.41 bits per heavy atom. The van der Waals surface area contributed by atoms with E-state index in [9.17, 15) is 13.2 Å². The number of primary amides is 1. The summed E-state index contributed by atoms with van der Waals surface area (Å²) in [6.07, 6.45) is -0.314. The first kappa shape index (κ1) is 14.4. The van der Waals surface area contributed by atoms with Crippen molar-refractivity contribution in [2.24, 2.45) is 5.73 Å². The molecule has 8 heteroatoms.